The maximum atomic E-state index is 14.1. The largest absolute Gasteiger partial charge is 0.395 e. The van der Waals surface area contributed by atoms with Crippen molar-refractivity contribution in [3.8, 4) is 5.82 Å². The average Bonchev–Trinajstić information content (AvgIpc) is 3.39. The van der Waals surface area contributed by atoms with Crippen LogP contribution in [0.1, 0.15) is 44.9 Å². The van der Waals surface area contributed by atoms with E-state index in [4.69, 9.17) is 9.72 Å². The van der Waals surface area contributed by atoms with Crippen LogP contribution in [-0.4, -0.2) is 94.0 Å². The maximum Gasteiger partial charge on any atom is 0.296 e. The van der Waals surface area contributed by atoms with Crippen LogP contribution in [0, 0.1) is 5.92 Å². The Hall–Kier alpha value is -3.03. The van der Waals surface area contributed by atoms with Crippen molar-refractivity contribution >= 4 is 22.8 Å². The molecule has 3 heterocycles. The van der Waals surface area contributed by atoms with Gasteiger partial charge in [0.2, 0.25) is 5.95 Å². The number of aliphatic hydroxyl groups is 1. The maximum absolute atomic E-state index is 14.1. The standard InChI is InChI=1S/C28H37F4N7O2/c1-18(17-40)38(16-23(29)30)20-8-6-19(7-9-20)15-33-28-35-24(37-10-12-41-13-11-37)14-25(36-28)39-22-5-3-2-4-21(22)34-27(39)26(31)32/h2-5,14,18-20,23,26,40H,6-13,15-17H2,1H3,(H,33,35,36). The fourth-order valence-electron chi connectivity index (χ4n) is 5.87. The minimum atomic E-state index is -2.80. The Labute approximate surface area is 236 Å². The zero-order valence-electron chi connectivity index (χ0n) is 23.1. The molecule has 2 fully saturated rings. The third-order valence-corrected chi connectivity index (χ3v) is 8.06. The Bertz CT molecular complexity index is 1280. The van der Waals surface area contributed by atoms with Crippen LogP contribution in [0.4, 0.5) is 29.3 Å². The minimum Gasteiger partial charge on any atom is -0.395 e. The number of anilines is 2. The van der Waals surface area contributed by atoms with Gasteiger partial charge in [0.1, 0.15) is 11.6 Å². The van der Waals surface area contributed by atoms with Crippen LogP contribution in [0.3, 0.4) is 0 Å². The van der Waals surface area contributed by atoms with E-state index in [-0.39, 0.29) is 37.0 Å². The molecule has 1 saturated carbocycles. The number of halogens is 4. The van der Waals surface area contributed by atoms with Gasteiger partial charge in [-0.05, 0) is 50.7 Å². The average molecular weight is 580 g/mol. The van der Waals surface area contributed by atoms with Gasteiger partial charge in [-0.3, -0.25) is 9.47 Å². The second kappa shape index (κ2) is 13.3. The molecule has 2 N–H and O–H groups in total. The van der Waals surface area contributed by atoms with Gasteiger partial charge < -0.3 is 20.1 Å². The van der Waals surface area contributed by atoms with Gasteiger partial charge in [-0.1, -0.05) is 12.1 Å². The molecule has 1 aromatic carbocycles. The number of para-hydroxylation sites is 2. The molecule has 0 spiro atoms. The first-order valence-corrected chi connectivity index (χ1v) is 14.2. The molecule has 1 atom stereocenters. The molecule has 1 aliphatic heterocycles. The quantitative estimate of drug-likeness (QED) is 0.321. The third-order valence-electron chi connectivity index (χ3n) is 8.06. The molecular weight excluding hydrogens is 542 g/mol. The summed E-state index contributed by atoms with van der Waals surface area (Å²) >= 11 is 0. The van der Waals surface area contributed by atoms with Crippen molar-refractivity contribution < 1.29 is 27.4 Å². The summed E-state index contributed by atoms with van der Waals surface area (Å²) < 4.78 is 61.4. The summed E-state index contributed by atoms with van der Waals surface area (Å²) in [5, 5.41) is 12.9. The molecule has 2 aromatic heterocycles. The number of nitrogens with one attached hydrogen (secondary N) is 1. The van der Waals surface area contributed by atoms with Gasteiger partial charge >= 0.3 is 0 Å². The minimum absolute atomic E-state index is 0.00260. The number of fused-ring (bicyclic) bond motifs is 1. The van der Waals surface area contributed by atoms with E-state index in [9.17, 15) is 22.7 Å². The van der Waals surface area contributed by atoms with E-state index in [0.29, 0.717) is 61.5 Å². The topological polar surface area (TPSA) is 91.6 Å². The molecule has 1 unspecified atom stereocenters. The molecule has 13 heteroatoms. The van der Waals surface area contributed by atoms with Crippen molar-refractivity contribution in [1.29, 1.82) is 0 Å². The van der Waals surface area contributed by atoms with Crippen molar-refractivity contribution in [2.45, 2.75) is 57.5 Å². The van der Waals surface area contributed by atoms with E-state index in [0.717, 1.165) is 25.7 Å². The molecule has 41 heavy (non-hydrogen) atoms. The zero-order chi connectivity index (χ0) is 28.9. The highest BCUT2D eigenvalue weighted by Gasteiger charge is 2.30. The number of aromatic nitrogens is 4. The summed E-state index contributed by atoms with van der Waals surface area (Å²) in [6.45, 7) is 4.15. The van der Waals surface area contributed by atoms with Gasteiger partial charge in [0.05, 0.1) is 37.4 Å². The fourth-order valence-corrected chi connectivity index (χ4v) is 5.87. The van der Waals surface area contributed by atoms with Crippen LogP contribution in [0.2, 0.25) is 0 Å². The van der Waals surface area contributed by atoms with Crippen LogP contribution < -0.4 is 10.2 Å². The van der Waals surface area contributed by atoms with Crippen molar-refractivity contribution in [1.82, 2.24) is 24.4 Å². The fraction of sp³-hybridized carbons (Fsp3) is 0.607. The molecule has 1 saturated heterocycles. The van der Waals surface area contributed by atoms with E-state index < -0.39 is 12.9 Å². The summed E-state index contributed by atoms with van der Waals surface area (Å²) in [6.07, 6.45) is -2.09. The molecule has 1 aliphatic carbocycles. The summed E-state index contributed by atoms with van der Waals surface area (Å²) in [6, 6.07) is 8.35. The van der Waals surface area contributed by atoms with Gasteiger partial charge in [-0.2, -0.15) is 9.97 Å². The summed E-state index contributed by atoms with van der Waals surface area (Å²) in [7, 11) is 0. The second-order valence-electron chi connectivity index (χ2n) is 10.8. The lowest BCUT2D eigenvalue weighted by atomic mass is 9.84. The molecule has 3 aromatic rings. The number of benzene rings is 1. The lowest BCUT2D eigenvalue weighted by Crippen LogP contribution is -2.47. The normalized spacial score (nSPS) is 20.9. The summed E-state index contributed by atoms with van der Waals surface area (Å²) in [5.41, 5.74) is 0.987. The third kappa shape index (κ3) is 6.90. The molecule has 0 radical (unpaired) electrons. The Morgan fingerprint density at radius 1 is 1.02 bits per heavy atom. The number of imidazole rings is 1. The Morgan fingerprint density at radius 2 is 1.73 bits per heavy atom. The van der Waals surface area contributed by atoms with Crippen molar-refractivity contribution in [3.05, 3.63) is 36.2 Å². The van der Waals surface area contributed by atoms with Crippen LogP contribution in [-0.2, 0) is 4.74 Å². The van der Waals surface area contributed by atoms with E-state index >= 15 is 0 Å². The number of aliphatic hydroxyl groups excluding tert-OH is 1. The van der Waals surface area contributed by atoms with Crippen molar-refractivity contribution in [2.75, 3.05) is 56.2 Å². The first-order valence-electron chi connectivity index (χ1n) is 14.2. The van der Waals surface area contributed by atoms with Gasteiger partial charge in [0, 0.05) is 37.8 Å². The molecule has 0 amide bonds. The number of alkyl halides is 4. The second-order valence-corrected chi connectivity index (χ2v) is 10.8. The van der Waals surface area contributed by atoms with Gasteiger partial charge in [-0.15, -0.1) is 0 Å². The van der Waals surface area contributed by atoms with E-state index in [1.54, 1.807) is 42.2 Å². The Balaban J connectivity index is 1.36. The lowest BCUT2D eigenvalue weighted by molar-refractivity contribution is 0.0107. The summed E-state index contributed by atoms with van der Waals surface area (Å²) in [4.78, 5) is 17.3. The Kier molecular flexibility index (Phi) is 9.56. The molecule has 0 bridgehead atoms. The number of nitrogens with zero attached hydrogens (tertiary/aromatic N) is 6. The smallest absolute Gasteiger partial charge is 0.296 e. The molecule has 5 rings (SSSR count). The number of ether oxygens (including phenoxy) is 1. The van der Waals surface area contributed by atoms with E-state index in [2.05, 4.69) is 15.3 Å². The van der Waals surface area contributed by atoms with Crippen LogP contribution in [0.5, 0.6) is 0 Å². The zero-order valence-corrected chi connectivity index (χ0v) is 23.1. The van der Waals surface area contributed by atoms with Gasteiger partial charge in [-0.25, -0.2) is 22.5 Å². The first kappa shape index (κ1) is 29.5. The first-order chi connectivity index (χ1) is 19.8. The lowest BCUT2D eigenvalue weighted by Gasteiger charge is -2.39. The molecular formula is C28H37F4N7O2. The predicted octanol–water partition coefficient (Wildman–Crippen LogP) is 4.51. The van der Waals surface area contributed by atoms with Crippen LogP contribution in [0.15, 0.2) is 30.3 Å². The number of rotatable bonds is 11. The molecule has 9 nitrogen and oxygen atoms in total. The highest BCUT2D eigenvalue weighted by Crippen LogP contribution is 2.31. The predicted molar refractivity (Wildman–Crippen MR) is 148 cm³/mol. The monoisotopic (exact) mass is 579 g/mol. The van der Waals surface area contributed by atoms with Gasteiger partial charge in [0.25, 0.3) is 12.9 Å². The highest BCUT2D eigenvalue weighted by atomic mass is 19.3. The molecule has 224 valence electrons. The van der Waals surface area contributed by atoms with Crippen LogP contribution >= 0.6 is 0 Å². The van der Waals surface area contributed by atoms with Gasteiger partial charge in [0.15, 0.2) is 5.82 Å². The van der Waals surface area contributed by atoms with Crippen LogP contribution in [0.25, 0.3) is 16.9 Å². The van der Waals surface area contributed by atoms with Crippen molar-refractivity contribution in [3.63, 3.8) is 0 Å². The van der Waals surface area contributed by atoms with E-state index in [1.165, 1.54) is 4.57 Å². The Morgan fingerprint density at radius 3 is 2.41 bits per heavy atom. The SMILES string of the molecule is CC(CO)N(CC(F)F)C1CCC(CNc2nc(N3CCOCC3)cc(-n3c(C(F)F)nc4ccccc43)n2)CC1. The molecule has 2 aliphatic rings. The number of morpholine rings is 1. The summed E-state index contributed by atoms with van der Waals surface area (Å²) in [5.74, 6) is 1.14. The van der Waals surface area contributed by atoms with Crippen molar-refractivity contribution in [2.24, 2.45) is 5.92 Å². The highest BCUT2D eigenvalue weighted by molar-refractivity contribution is 5.78. The van der Waals surface area contributed by atoms with E-state index in [1.807, 2.05) is 4.90 Å². The number of hydrogen-bond donors (Lipinski definition) is 2. The number of hydrogen-bond acceptors (Lipinski definition) is 8.